The number of ketones is 3. The Balaban J connectivity index is 2.50. The molecule has 0 bridgehead atoms. The smallest absolute Gasteiger partial charge is 0.182 e. The van der Waals surface area contributed by atoms with Crippen molar-refractivity contribution in [2.75, 3.05) is 0 Å². The van der Waals surface area contributed by atoms with E-state index in [1.165, 1.54) is 12.2 Å². The van der Waals surface area contributed by atoms with Gasteiger partial charge in [0.15, 0.2) is 11.6 Å². The van der Waals surface area contributed by atoms with Gasteiger partial charge >= 0.3 is 0 Å². The predicted molar refractivity (Wildman–Crippen MR) is 68.0 cm³/mol. The molecular weight excluding hydrogens is 228 g/mol. The quantitative estimate of drug-likeness (QED) is 0.667. The highest BCUT2D eigenvalue weighted by Gasteiger charge is 2.53. The van der Waals surface area contributed by atoms with Gasteiger partial charge in [-0.25, -0.2) is 0 Å². The molecule has 0 amide bonds. The second-order valence-corrected chi connectivity index (χ2v) is 6.22. The van der Waals surface area contributed by atoms with Crippen molar-refractivity contribution in [2.24, 2.45) is 10.8 Å². The molecular formula is C15H18O3. The van der Waals surface area contributed by atoms with Crippen LogP contribution in [0.4, 0.5) is 0 Å². The Morgan fingerprint density at radius 2 is 1.56 bits per heavy atom. The third-order valence-electron chi connectivity index (χ3n) is 4.56. The third-order valence-corrected chi connectivity index (χ3v) is 4.56. The standard InChI is InChI=1S/C15H18O3/c1-9-5-13(18)11(6-12(9)17)15(4)8-10(16)7-14(15,2)3/h5-6H,7-8H2,1-4H3/t15-/m0/s1. The van der Waals surface area contributed by atoms with Gasteiger partial charge in [0.2, 0.25) is 0 Å². The Kier molecular flexibility index (Phi) is 2.69. The minimum Gasteiger partial charge on any atom is -0.300 e. The summed E-state index contributed by atoms with van der Waals surface area (Å²) in [4.78, 5) is 35.6. The maximum Gasteiger partial charge on any atom is 0.182 e. The van der Waals surface area contributed by atoms with Crippen LogP contribution in [0, 0.1) is 10.8 Å². The first-order valence-electron chi connectivity index (χ1n) is 6.18. The van der Waals surface area contributed by atoms with E-state index < -0.39 is 5.41 Å². The molecule has 3 heteroatoms. The predicted octanol–water partition coefficient (Wildman–Crippen LogP) is 2.41. The van der Waals surface area contributed by atoms with Crippen LogP contribution in [0.1, 0.15) is 40.5 Å². The molecule has 96 valence electrons. The average Bonchev–Trinajstić information content (AvgIpc) is 2.42. The van der Waals surface area contributed by atoms with Gasteiger partial charge in [0.25, 0.3) is 0 Å². The van der Waals surface area contributed by atoms with Crippen LogP contribution >= 0.6 is 0 Å². The molecule has 0 aromatic heterocycles. The van der Waals surface area contributed by atoms with Crippen LogP contribution in [0.25, 0.3) is 0 Å². The van der Waals surface area contributed by atoms with E-state index in [1.54, 1.807) is 6.92 Å². The summed E-state index contributed by atoms with van der Waals surface area (Å²) in [7, 11) is 0. The minimum absolute atomic E-state index is 0.124. The first kappa shape index (κ1) is 12.9. The third kappa shape index (κ3) is 1.69. The number of carbonyl (C=O) groups excluding carboxylic acids is 3. The molecule has 1 fully saturated rings. The van der Waals surface area contributed by atoms with E-state index >= 15 is 0 Å². The normalized spacial score (nSPS) is 31.4. The number of hydrogen-bond donors (Lipinski definition) is 0. The fourth-order valence-corrected chi connectivity index (χ4v) is 2.94. The highest BCUT2D eigenvalue weighted by molar-refractivity contribution is 6.20. The molecule has 1 saturated carbocycles. The fourth-order valence-electron chi connectivity index (χ4n) is 2.94. The fraction of sp³-hybridized carbons (Fsp3) is 0.533. The molecule has 0 aromatic carbocycles. The summed E-state index contributed by atoms with van der Waals surface area (Å²) in [5.74, 6) is -0.0896. The zero-order valence-corrected chi connectivity index (χ0v) is 11.3. The van der Waals surface area contributed by atoms with Crippen LogP contribution in [0.3, 0.4) is 0 Å². The molecule has 0 heterocycles. The highest BCUT2D eigenvalue weighted by Crippen LogP contribution is 2.55. The molecule has 2 aliphatic carbocycles. The van der Waals surface area contributed by atoms with Crippen molar-refractivity contribution >= 4 is 17.3 Å². The molecule has 0 aromatic rings. The molecule has 0 N–H and O–H groups in total. The van der Waals surface area contributed by atoms with Gasteiger partial charge in [0.05, 0.1) is 0 Å². The van der Waals surface area contributed by atoms with Crippen molar-refractivity contribution in [1.29, 1.82) is 0 Å². The van der Waals surface area contributed by atoms with E-state index in [-0.39, 0.29) is 22.8 Å². The number of Topliss-reactive ketones (excluding diaryl/α,β-unsaturated/α-hetero) is 1. The molecule has 18 heavy (non-hydrogen) atoms. The summed E-state index contributed by atoms with van der Waals surface area (Å²) in [6.07, 6.45) is 3.63. The van der Waals surface area contributed by atoms with Crippen LogP contribution < -0.4 is 0 Å². The Hall–Kier alpha value is -1.51. The Morgan fingerprint density at radius 1 is 0.944 bits per heavy atom. The van der Waals surface area contributed by atoms with Gasteiger partial charge < -0.3 is 0 Å². The average molecular weight is 246 g/mol. The molecule has 0 unspecified atom stereocenters. The summed E-state index contributed by atoms with van der Waals surface area (Å²) in [5.41, 5.74) is 0.141. The maximum absolute atomic E-state index is 12.1. The van der Waals surface area contributed by atoms with Gasteiger partial charge in [0.1, 0.15) is 5.78 Å². The highest BCUT2D eigenvalue weighted by atomic mass is 16.1. The van der Waals surface area contributed by atoms with Crippen molar-refractivity contribution in [1.82, 2.24) is 0 Å². The van der Waals surface area contributed by atoms with Crippen LogP contribution in [-0.2, 0) is 14.4 Å². The van der Waals surface area contributed by atoms with Gasteiger partial charge in [-0.15, -0.1) is 0 Å². The zero-order chi connectivity index (χ0) is 13.7. The zero-order valence-electron chi connectivity index (χ0n) is 11.3. The summed E-state index contributed by atoms with van der Waals surface area (Å²) in [5, 5.41) is 0. The summed E-state index contributed by atoms with van der Waals surface area (Å²) >= 11 is 0. The molecule has 2 aliphatic rings. The number of allylic oxidation sites excluding steroid dienone is 4. The lowest BCUT2D eigenvalue weighted by Crippen LogP contribution is -2.36. The summed E-state index contributed by atoms with van der Waals surface area (Å²) in [6.45, 7) is 7.54. The summed E-state index contributed by atoms with van der Waals surface area (Å²) < 4.78 is 0. The Morgan fingerprint density at radius 3 is 2.06 bits per heavy atom. The van der Waals surface area contributed by atoms with Crippen molar-refractivity contribution in [3.63, 3.8) is 0 Å². The van der Waals surface area contributed by atoms with E-state index in [2.05, 4.69) is 0 Å². The lowest BCUT2D eigenvalue weighted by Gasteiger charge is -2.39. The van der Waals surface area contributed by atoms with E-state index in [0.29, 0.717) is 24.0 Å². The first-order chi connectivity index (χ1) is 8.17. The molecule has 0 saturated heterocycles. The van der Waals surface area contributed by atoms with Crippen LogP contribution in [0.5, 0.6) is 0 Å². The van der Waals surface area contributed by atoms with Gasteiger partial charge in [-0.1, -0.05) is 20.8 Å². The van der Waals surface area contributed by atoms with Crippen LogP contribution in [-0.4, -0.2) is 17.3 Å². The topological polar surface area (TPSA) is 51.2 Å². The Bertz CT molecular complexity index is 520. The second kappa shape index (κ2) is 3.74. The van der Waals surface area contributed by atoms with Gasteiger partial charge in [-0.2, -0.15) is 0 Å². The Labute approximate surface area is 107 Å². The minimum atomic E-state index is -0.534. The molecule has 0 radical (unpaired) electrons. The van der Waals surface area contributed by atoms with Gasteiger partial charge in [-0.3, -0.25) is 14.4 Å². The van der Waals surface area contributed by atoms with Crippen LogP contribution in [0.15, 0.2) is 23.3 Å². The van der Waals surface area contributed by atoms with Gasteiger partial charge in [0, 0.05) is 29.4 Å². The van der Waals surface area contributed by atoms with Crippen molar-refractivity contribution < 1.29 is 14.4 Å². The molecule has 3 nitrogen and oxygen atoms in total. The van der Waals surface area contributed by atoms with Crippen molar-refractivity contribution in [2.45, 2.75) is 40.5 Å². The van der Waals surface area contributed by atoms with Gasteiger partial charge in [-0.05, 0) is 24.5 Å². The van der Waals surface area contributed by atoms with E-state index in [4.69, 9.17) is 0 Å². The van der Waals surface area contributed by atoms with E-state index in [9.17, 15) is 14.4 Å². The van der Waals surface area contributed by atoms with E-state index in [1.807, 2.05) is 20.8 Å². The molecule has 2 rings (SSSR count). The molecule has 1 atom stereocenters. The first-order valence-corrected chi connectivity index (χ1v) is 6.18. The SMILES string of the molecule is CC1=CC(=O)C([C@]2(C)CC(=O)CC2(C)C)=CC1=O. The number of carbonyl (C=O) groups is 3. The lowest BCUT2D eigenvalue weighted by atomic mass is 9.63. The molecule has 0 aliphatic heterocycles. The van der Waals surface area contributed by atoms with Crippen LogP contribution in [0.2, 0.25) is 0 Å². The van der Waals surface area contributed by atoms with Crippen molar-refractivity contribution in [3.8, 4) is 0 Å². The monoisotopic (exact) mass is 246 g/mol. The summed E-state index contributed by atoms with van der Waals surface area (Å²) in [6, 6.07) is 0. The second-order valence-electron chi connectivity index (χ2n) is 6.22. The molecule has 0 spiro atoms. The van der Waals surface area contributed by atoms with Crippen molar-refractivity contribution in [3.05, 3.63) is 23.3 Å². The lowest BCUT2D eigenvalue weighted by molar-refractivity contribution is -0.118. The number of rotatable bonds is 1. The van der Waals surface area contributed by atoms with E-state index in [0.717, 1.165) is 0 Å². The number of hydrogen-bond acceptors (Lipinski definition) is 3. The largest absolute Gasteiger partial charge is 0.300 e. The maximum atomic E-state index is 12.1.